The van der Waals surface area contributed by atoms with E-state index in [0.29, 0.717) is 23.1 Å². The maximum absolute atomic E-state index is 9.50. The van der Waals surface area contributed by atoms with Crippen molar-refractivity contribution in [2.75, 3.05) is 5.32 Å². The van der Waals surface area contributed by atoms with E-state index in [1.54, 1.807) is 12.1 Å². The van der Waals surface area contributed by atoms with Crippen LogP contribution in [0.4, 0.5) is 5.69 Å². The topological polar surface area (TPSA) is 91.5 Å². The summed E-state index contributed by atoms with van der Waals surface area (Å²) in [6.45, 7) is 6.36. The number of fused-ring (bicyclic) bond motifs is 1. The average molecular weight is 521 g/mol. The predicted molar refractivity (Wildman–Crippen MR) is 140 cm³/mol. The molecular formula is C27H28Cl2N7+. The van der Waals surface area contributed by atoms with Gasteiger partial charge in [-0.3, -0.25) is 4.68 Å². The number of nitrogens with zero attached hydrogens (tertiary/aromatic N) is 5. The summed E-state index contributed by atoms with van der Waals surface area (Å²) in [4.78, 5) is 9.07. The van der Waals surface area contributed by atoms with Gasteiger partial charge in [0, 0.05) is 18.5 Å². The normalized spacial score (nSPS) is 12.6. The van der Waals surface area contributed by atoms with E-state index in [1.807, 2.05) is 36.9 Å². The molecular weight excluding hydrogens is 493 g/mol. The predicted octanol–water partition coefficient (Wildman–Crippen LogP) is 5.50. The third-order valence-corrected chi connectivity index (χ3v) is 6.27. The van der Waals surface area contributed by atoms with Crippen LogP contribution in [0.5, 0.6) is 0 Å². The fourth-order valence-electron chi connectivity index (χ4n) is 4.28. The van der Waals surface area contributed by atoms with Gasteiger partial charge in [-0.1, -0.05) is 55.8 Å². The lowest BCUT2D eigenvalue weighted by molar-refractivity contribution is -0.296. The van der Waals surface area contributed by atoms with Crippen molar-refractivity contribution in [2.45, 2.75) is 39.2 Å². The van der Waals surface area contributed by atoms with Gasteiger partial charge in [-0.2, -0.15) is 15.3 Å². The van der Waals surface area contributed by atoms with Gasteiger partial charge in [0.2, 0.25) is 0 Å². The minimum absolute atomic E-state index is 0.239. The first-order valence-corrected chi connectivity index (χ1v) is 12.4. The zero-order chi connectivity index (χ0) is 25.8. The third-order valence-electron chi connectivity index (χ3n) is 5.87. The smallest absolute Gasteiger partial charge is 0.321 e. The van der Waals surface area contributed by atoms with Crippen LogP contribution in [0.25, 0.3) is 11.0 Å². The van der Waals surface area contributed by atoms with E-state index in [4.69, 9.17) is 28.2 Å². The molecule has 0 fully saturated rings. The van der Waals surface area contributed by atoms with Gasteiger partial charge in [-0.05, 0) is 42.5 Å². The second kappa shape index (κ2) is 11.0. The van der Waals surface area contributed by atoms with Crippen molar-refractivity contribution in [1.82, 2.24) is 25.1 Å². The number of aromatic nitrogens is 4. The van der Waals surface area contributed by atoms with Gasteiger partial charge >= 0.3 is 5.15 Å². The summed E-state index contributed by atoms with van der Waals surface area (Å²) in [5, 5.41) is 22.6. The molecule has 4 rings (SSSR count). The molecule has 0 amide bonds. The first-order chi connectivity index (χ1) is 17.2. The van der Waals surface area contributed by atoms with Crippen LogP contribution in [0.1, 0.15) is 48.3 Å². The minimum atomic E-state index is -0.239. The molecule has 2 N–H and O–H groups in total. The number of benzene rings is 1. The maximum atomic E-state index is 9.50. The molecule has 0 saturated heterocycles. The van der Waals surface area contributed by atoms with Gasteiger partial charge < -0.3 is 10.6 Å². The zero-order valence-corrected chi connectivity index (χ0v) is 22.2. The van der Waals surface area contributed by atoms with E-state index in [9.17, 15) is 5.26 Å². The molecule has 9 heteroatoms. The van der Waals surface area contributed by atoms with Crippen LogP contribution < -0.4 is 10.6 Å². The number of aryl methyl sites for hydroxylation is 2. The first kappa shape index (κ1) is 25.5. The molecule has 7 nitrogen and oxygen atoms in total. The third kappa shape index (κ3) is 5.78. The molecule has 1 unspecified atom stereocenters. The highest BCUT2D eigenvalue weighted by molar-refractivity contribution is 6.29. The Balaban J connectivity index is 1.78. The van der Waals surface area contributed by atoms with E-state index in [-0.39, 0.29) is 17.1 Å². The van der Waals surface area contributed by atoms with E-state index >= 15 is 0 Å². The van der Waals surface area contributed by atoms with Gasteiger partial charge in [0.1, 0.15) is 11.0 Å². The van der Waals surface area contributed by atoms with Crippen LogP contribution in [0.2, 0.25) is 10.3 Å². The van der Waals surface area contributed by atoms with Crippen molar-refractivity contribution in [2.24, 2.45) is 7.05 Å². The minimum Gasteiger partial charge on any atom is -0.362 e. The highest BCUT2D eigenvalue weighted by Crippen LogP contribution is 2.31. The Bertz CT molecular complexity index is 1430. The Morgan fingerprint density at radius 2 is 1.94 bits per heavy atom. The monoisotopic (exact) mass is 520 g/mol. The van der Waals surface area contributed by atoms with Gasteiger partial charge in [-0.15, -0.1) is 0 Å². The highest BCUT2D eigenvalue weighted by Gasteiger charge is 2.22. The number of nitrogens with one attached hydrogen (secondary N) is 2. The summed E-state index contributed by atoms with van der Waals surface area (Å²) < 4.78 is 1.83. The van der Waals surface area contributed by atoms with Crippen molar-refractivity contribution >= 4 is 28.3 Å². The van der Waals surface area contributed by atoms with Crippen molar-refractivity contribution in [3.8, 4) is 6.07 Å². The lowest BCUT2D eigenvalue weighted by atomic mass is 9.95. The molecule has 1 atom stereocenters. The van der Waals surface area contributed by atoms with Crippen LogP contribution in [0.15, 0.2) is 60.4 Å². The molecule has 184 valence electrons. The number of nitriles is 1. The fraction of sp³-hybridized carbons (Fsp3) is 0.259. The molecule has 1 aromatic carbocycles. The van der Waals surface area contributed by atoms with Crippen LogP contribution in [0, 0.1) is 29.9 Å². The van der Waals surface area contributed by atoms with Crippen molar-refractivity contribution in [3.63, 3.8) is 0 Å². The molecule has 0 radical (unpaired) electrons. The number of halogens is 2. The van der Waals surface area contributed by atoms with Crippen LogP contribution in [-0.2, 0) is 13.5 Å². The van der Waals surface area contributed by atoms with E-state index in [1.165, 1.54) is 11.6 Å². The number of rotatable bonds is 8. The number of hydrogen-bond donors (Lipinski definition) is 2. The Morgan fingerprint density at radius 1 is 1.19 bits per heavy atom. The van der Waals surface area contributed by atoms with Crippen LogP contribution in [0.3, 0.4) is 0 Å². The highest BCUT2D eigenvalue weighted by atomic mass is 35.5. The largest absolute Gasteiger partial charge is 0.362 e. The van der Waals surface area contributed by atoms with E-state index < -0.39 is 0 Å². The molecule has 0 spiro atoms. The Morgan fingerprint density at radius 3 is 2.61 bits per heavy atom. The summed E-state index contributed by atoms with van der Waals surface area (Å²) in [5.41, 5.74) is 5.63. The molecule has 36 heavy (non-hydrogen) atoms. The standard InChI is InChI=1S/C27H28Cl2N7/c1-16(2)20-15-22(33-27-26(20)17(3)35-36(27)4)21(12-18-8-6-5-7-9-18)32-25(10-11-30)31-19-13-23(28)34-24(29)14-19/h5-10,13-16,21,28,32H,12H2,1-4H3,(H,31,34)/q+1/b25-10+. The molecule has 4 aromatic rings. The summed E-state index contributed by atoms with van der Waals surface area (Å²) in [6.07, 6.45) is 2.08. The first-order valence-electron chi connectivity index (χ1n) is 11.6. The van der Waals surface area contributed by atoms with Crippen molar-refractivity contribution < 1.29 is 11.6 Å². The molecule has 3 aromatic heterocycles. The maximum Gasteiger partial charge on any atom is 0.321 e. The lowest BCUT2D eigenvalue weighted by Gasteiger charge is -2.23. The Labute approximate surface area is 220 Å². The van der Waals surface area contributed by atoms with Gasteiger partial charge in [0.25, 0.3) is 0 Å². The molecule has 0 saturated carbocycles. The van der Waals surface area contributed by atoms with Gasteiger partial charge in [0.05, 0.1) is 35.3 Å². The lowest BCUT2D eigenvalue weighted by Crippen LogP contribution is -2.28. The van der Waals surface area contributed by atoms with Gasteiger partial charge in [-0.25, -0.2) is 4.98 Å². The van der Waals surface area contributed by atoms with Crippen LogP contribution in [-0.4, -0.2) is 19.7 Å². The molecule has 0 aliphatic rings. The number of pyridine rings is 2. The molecule has 3 heterocycles. The second-order valence-electron chi connectivity index (χ2n) is 8.91. The number of allylic oxidation sites excluding steroid dienone is 1. The molecule has 0 aliphatic heterocycles. The van der Waals surface area contributed by atoms with Crippen molar-refractivity contribution in [3.05, 3.63) is 93.2 Å². The van der Waals surface area contributed by atoms with Crippen molar-refractivity contribution in [1.29, 1.82) is 5.26 Å². The summed E-state index contributed by atoms with van der Waals surface area (Å²) in [5.74, 6) is 0.787. The zero-order valence-electron chi connectivity index (χ0n) is 20.6. The summed E-state index contributed by atoms with van der Waals surface area (Å²) in [6, 6.07) is 17.6. The number of anilines is 1. The molecule has 0 aliphatic carbocycles. The Hall–Kier alpha value is -3.60. The fourth-order valence-corrected chi connectivity index (χ4v) is 4.76. The van der Waals surface area contributed by atoms with E-state index in [2.05, 4.69) is 58.8 Å². The summed E-state index contributed by atoms with van der Waals surface area (Å²) >= 11 is 11.3. The SMILES string of the molecule is Cc1nn(C)c2nc(C(Cc3ccccc3)N/C(=C/C#N)Nc3cc(Cl)nc([ClH+])c3)cc(C(C)C)c12. The average Bonchev–Trinajstić information content (AvgIpc) is 3.11. The Kier molecular flexibility index (Phi) is 7.78. The second-order valence-corrected chi connectivity index (χ2v) is 9.72. The van der Waals surface area contributed by atoms with Crippen LogP contribution >= 0.6 is 11.6 Å². The van der Waals surface area contributed by atoms with Gasteiger partial charge in [0.15, 0.2) is 17.2 Å². The summed E-state index contributed by atoms with van der Waals surface area (Å²) in [7, 11) is 1.91. The number of hydrogen-bond acceptors (Lipinski definition) is 6. The molecule has 0 bridgehead atoms. The van der Waals surface area contributed by atoms with E-state index in [0.717, 1.165) is 28.0 Å². The quantitative estimate of drug-likeness (QED) is 0.235.